The van der Waals surface area contributed by atoms with Crippen molar-refractivity contribution < 1.29 is 5.11 Å². The van der Waals surface area contributed by atoms with Crippen molar-refractivity contribution in [3.05, 3.63) is 24.0 Å². The van der Waals surface area contributed by atoms with Crippen LogP contribution < -0.4 is 4.90 Å². The first-order chi connectivity index (χ1) is 7.87. The summed E-state index contributed by atoms with van der Waals surface area (Å²) in [6, 6.07) is 4.02. The molecule has 0 aliphatic rings. The van der Waals surface area contributed by atoms with E-state index in [4.69, 9.17) is 0 Å². The zero-order chi connectivity index (χ0) is 12.6. The van der Waals surface area contributed by atoms with Crippen molar-refractivity contribution >= 4 is 11.5 Å². The van der Waals surface area contributed by atoms with Crippen LogP contribution in [0.15, 0.2) is 18.5 Å². The smallest absolute Gasteiger partial charge is 0.157 e. The van der Waals surface area contributed by atoms with E-state index in [9.17, 15) is 5.11 Å². The fourth-order valence-electron chi connectivity index (χ4n) is 1.97. The van der Waals surface area contributed by atoms with E-state index in [1.165, 1.54) is 6.33 Å². The van der Waals surface area contributed by atoms with Gasteiger partial charge < -0.3 is 10.0 Å². The Kier molecular flexibility index (Phi) is 2.79. The van der Waals surface area contributed by atoms with Gasteiger partial charge >= 0.3 is 0 Å². The minimum absolute atomic E-state index is 0.533. The van der Waals surface area contributed by atoms with Crippen molar-refractivity contribution in [2.45, 2.75) is 26.4 Å². The molecule has 0 saturated carbocycles. The molecule has 0 aliphatic heterocycles. The quantitative estimate of drug-likeness (QED) is 0.868. The van der Waals surface area contributed by atoms with Crippen LogP contribution in [0.5, 0.6) is 0 Å². The third-order valence-corrected chi connectivity index (χ3v) is 2.52. The fraction of sp³-hybridized carbons (Fsp3) is 0.500. The van der Waals surface area contributed by atoms with E-state index < -0.39 is 5.60 Å². The minimum Gasteiger partial charge on any atom is -0.389 e. The van der Waals surface area contributed by atoms with Crippen molar-refractivity contribution in [1.29, 1.82) is 0 Å². The number of aliphatic hydroxyl groups is 1. The Bertz CT molecular complexity index is 527. The highest BCUT2D eigenvalue weighted by Crippen LogP contribution is 2.18. The number of anilines is 1. The lowest BCUT2D eigenvalue weighted by Crippen LogP contribution is -2.37. The van der Waals surface area contributed by atoms with E-state index in [0.29, 0.717) is 6.54 Å². The summed E-state index contributed by atoms with van der Waals surface area (Å²) in [7, 11) is 1.94. The second-order valence-electron chi connectivity index (χ2n) is 5.09. The molecule has 92 valence electrons. The molecule has 0 saturated heterocycles. The number of pyridine rings is 1. The third-order valence-electron chi connectivity index (χ3n) is 2.52. The Morgan fingerprint density at radius 2 is 2.12 bits per heavy atom. The van der Waals surface area contributed by atoms with Crippen LogP contribution in [0.1, 0.15) is 19.4 Å². The van der Waals surface area contributed by atoms with Gasteiger partial charge in [-0.05, 0) is 38.5 Å². The number of fused-ring (bicyclic) bond motifs is 1. The van der Waals surface area contributed by atoms with Crippen LogP contribution in [0.3, 0.4) is 0 Å². The van der Waals surface area contributed by atoms with Gasteiger partial charge in [0.2, 0.25) is 0 Å². The first kappa shape index (κ1) is 11.9. The number of aromatic nitrogens is 3. The maximum absolute atomic E-state index is 9.85. The molecule has 2 aromatic rings. The maximum Gasteiger partial charge on any atom is 0.157 e. The highest BCUT2D eigenvalue weighted by molar-refractivity contribution is 5.52. The van der Waals surface area contributed by atoms with Gasteiger partial charge in [-0.2, -0.15) is 9.61 Å². The summed E-state index contributed by atoms with van der Waals surface area (Å²) in [5.41, 5.74) is 1.21. The average molecular weight is 234 g/mol. The number of hydrogen-bond donors (Lipinski definition) is 1. The topological polar surface area (TPSA) is 53.7 Å². The average Bonchev–Trinajstić information content (AvgIpc) is 2.60. The monoisotopic (exact) mass is 234 g/mol. The molecule has 2 heterocycles. The van der Waals surface area contributed by atoms with E-state index in [1.54, 1.807) is 18.4 Å². The van der Waals surface area contributed by atoms with Crippen LogP contribution in [-0.4, -0.2) is 38.9 Å². The number of hydrogen-bond acceptors (Lipinski definition) is 4. The normalized spacial score (nSPS) is 12.1. The fourth-order valence-corrected chi connectivity index (χ4v) is 1.97. The van der Waals surface area contributed by atoms with Gasteiger partial charge in [0.1, 0.15) is 12.1 Å². The lowest BCUT2D eigenvalue weighted by molar-refractivity contribution is 0.0884. The van der Waals surface area contributed by atoms with Crippen LogP contribution in [0.2, 0.25) is 0 Å². The Morgan fingerprint density at radius 1 is 1.41 bits per heavy atom. The van der Waals surface area contributed by atoms with Gasteiger partial charge in [-0.3, -0.25) is 0 Å². The molecular formula is C12H18N4O. The van der Waals surface area contributed by atoms with Crippen LogP contribution in [-0.2, 0) is 0 Å². The molecule has 0 fully saturated rings. The van der Waals surface area contributed by atoms with Crippen LogP contribution in [0, 0.1) is 6.92 Å². The zero-order valence-electron chi connectivity index (χ0n) is 10.7. The van der Waals surface area contributed by atoms with Crippen molar-refractivity contribution in [3.8, 4) is 0 Å². The Morgan fingerprint density at radius 3 is 2.76 bits per heavy atom. The standard InChI is InChI=1S/C12H18N4O/c1-9-5-10-13-8-14-16(10)11(6-9)15(4)7-12(2,3)17/h5-6,8,17H,7H2,1-4H3. The molecular weight excluding hydrogens is 216 g/mol. The molecule has 0 amide bonds. The van der Waals surface area contributed by atoms with Gasteiger partial charge in [-0.15, -0.1) is 0 Å². The lowest BCUT2D eigenvalue weighted by Gasteiger charge is -2.27. The van der Waals surface area contributed by atoms with Gasteiger partial charge in [0.05, 0.1) is 5.60 Å². The summed E-state index contributed by atoms with van der Waals surface area (Å²) in [5.74, 6) is 0.930. The highest BCUT2D eigenvalue weighted by atomic mass is 16.3. The highest BCUT2D eigenvalue weighted by Gasteiger charge is 2.18. The Hall–Kier alpha value is -1.62. The van der Waals surface area contributed by atoms with Gasteiger partial charge in [0.25, 0.3) is 0 Å². The number of nitrogens with zero attached hydrogens (tertiary/aromatic N) is 4. The van der Waals surface area contributed by atoms with Crippen LogP contribution in [0.4, 0.5) is 5.82 Å². The van der Waals surface area contributed by atoms with Crippen molar-refractivity contribution in [1.82, 2.24) is 14.6 Å². The molecule has 0 unspecified atom stereocenters. The van der Waals surface area contributed by atoms with E-state index in [2.05, 4.69) is 10.1 Å². The molecule has 0 aromatic carbocycles. The molecule has 2 rings (SSSR count). The summed E-state index contributed by atoms with van der Waals surface area (Å²) in [6.45, 7) is 6.14. The summed E-state index contributed by atoms with van der Waals surface area (Å²) < 4.78 is 1.78. The lowest BCUT2D eigenvalue weighted by atomic mass is 10.1. The Labute approximate surface area is 101 Å². The van der Waals surface area contributed by atoms with Crippen molar-refractivity contribution in [2.75, 3.05) is 18.5 Å². The summed E-state index contributed by atoms with van der Waals surface area (Å²) in [5, 5.41) is 14.0. The van der Waals surface area contributed by atoms with Crippen molar-refractivity contribution in [2.24, 2.45) is 0 Å². The maximum atomic E-state index is 9.85. The Balaban J connectivity index is 2.43. The minimum atomic E-state index is -0.745. The molecule has 0 bridgehead atoms. The van der Waals surface area contributed by atoms with E-state index in [-0.39, 0.29) is 0 Å². The third kappa shape index (κ3) is 2.55. The molecule has 2 aromatic heterocycles. The summed E-state index contributed by atoms with van der Waals surface area (Å²) >= 11 is 0. The molecule has 1 N–H and O–H groups in total. The van der Waals surface area contributed by atoms with Gasteiger partial charge in [-0.1, -0.05) is 0 Å². The van der Waals surface area contributed by atoms with Crippen LogP contribution >= 0.6 is 0 Å². The first-order valence-corrected chi connectivity index (χ1v) is 5.61. The molecule has 0 aliphatic carbocycles. The summed E-state index contributed by atoms with van der Waals surface area (Å²) in [4.78, 5) is 6.16. The molecule has 0 spiro atoms. The second-order valence-corrected chi connectivity index (χ2v) is 5.09. The predicted molar refractivity (Wildman–Crippen MR) is 67.3 cm³/mol. The van der Waals surface area contributed by atoms with Gasteiger partial charge in [0, 0.05) is 13.6 Å². The molecule has 5 heteroatoms. The van der Waals surface area contributed by atoms with Gasteiger partial charge in [-0.25, -0.2) is 4.98 Å². The zero-order valence-corrected chi connectivity index (χ0v) is 10.7. The second kappa shape index (κ2) is 4.00. The van der Waals surface area contributed by atoms with E-state index in [0.717, 1.165) is 17.0 Å². The molecule has 0 radical (unpaired) electrons. The number of aryl methyl sites for hydroxylation is 1. The van der Waals surface area contributed by atoms with Crippen molar-refractivity contribution in [3.63, 3.8) is 0 Å². The van der Waals surface area contributed by atoms with Crippen LogP contribution in [0.25, 0.3) is 5.65 Å². The first-order valence-electron chi connectivity index (χ1n) is 5.61. The molecule has 5 nitrogen and oxygen atoms in total. The SMILES string of the molecule is Cc1cc(N(C)CC(C)(C)O)n2ncnc2c1. The molecule has 17 heavy (non-hydrogen) atoms. The van der Waals surface area contributed by atoms with E-state index >= 15 is 0 Å². The number of likely N-dealkylation sites (N-methyl/N-ethyl adjacent to an activating group) is 1. The largest absolute Gasteiger partial charge is 0.389 e. The predicted octanol–water partition coefficient (Wildman–Crippen LogP) is 1.24. The summed E-state index contributed by atoms with van der Waals surface area (Å²) in [6.07, 6.45) is 1.54. The molecule has 0 atom stereocenters. The van der Waals surface area contributed by atoms with E-state index in [1.807, 2.05) is 31.0 Å². The number of rotatable bonds is 3. The van der Waals surface area contributed by atoms with Gasteiger partial charge in [0.15, 0.2) is 5.65 Å².